The van der Waals surface area contributed by atoms with Crippen molar-refractivity contribution >= 4 is 29.2 Å². The third-order valence-corrected chi connectivity index (χ3v) is 4.50. The number of carbonyl (C=O) groups excluding carboxylic acids is 1. The van der Waals surface area contributed by atoms with Crippen molar-refractivity contribution in [3.8, 4) is 4.90 Å². The Labute approximate surface area is 117 Å². The van der Waals surface area contributed by atoms with E-state index in [0.717, 1.165) is 4.90 Å². The monoisotopic (exact) mass is 315 g/mol. The molecule has 0 radical (unpaired) electrons. The molecule has 2 aromatic rings. The molecule has 0 spiro atoms. The van der Waals surface area contributed by atoms with E-state index in [1.807, 2.05) is 30.3 Å². The van der Waals surface area contributed by atoms with Gasteiger partial charge >= 0.3 is 18.7 Å². The number of hydrogen-bond donors (Lipinski definition) is 3. The first-order valence-corrected chi connectivity index (χ1v) is 8.51. The fraction of sp³-hybridized carbons (Fsp3) is 0.0909. The van der Waals surface area contributed by atoms with Crippen LogP contribution in [0.2, 0.25) is 0 Å². The summed E-state index contributed by atoms with van der Waals surface area (Å²) < 4.78 is 15.1. The number of ether oxygens (including phenoxy) is 1. The maximum absolute atomic E-state index is 11.6. The van der Waals surface area contributed by atoms with Gasteiger partial charge < -0.3 is 20.3 Å². The minimum Gasteiger partial charge on any atom is -0.448 e. The number of carbonyl (C=O) groups is 1. The van der Waals surface area contributed by atoms with Crippen LogP contribution < -0.4 is 5.73 Å². The van der Waals surface area contributed by atoms with E-state index in [9.17, 15) is 9.36 Å². The zero-order valence-electron chi connectivity index (χ0n) is 10.2. The first kappa shape index (κ1) is 14.7. The lowest BCUT2D eigenvalue weighted by atomic mass is 10.4. The number of nitrogens with zero attached hydrogens (tertiary/aromatic N) is 1. The SMILES string of the molecule is Nc1nc(C(=O)OCP(=O)(O)O)c[s+]1-c1ccccc1. The van der Waals surface area contributed by atoms with Gasteiger partial charge in [0.05, 0.1) is 10.5 Å². The Morgan fingerprint density at radius 3 is 2.60 bits per heavy atom. The molecule has 1 unspecified atom stereocenters. The van der Waals surface area contributed by atoms with Crippen LogP contribution in [-0.4, -0.2) is 27.1 Å². The lowest BCUT2D eigenvalue weighted by Crippen LogP contribution is -2.07. The highest BCUT2D eigenvalue weighted by Gasteiger charge is 2.26. The van der Waals surface area contributed by atoms with Crippen molar-refractivity contribution in [3.05, 3.63) is 41.4 Å². The molecular weight excluding hydrogens is 303 g/mol. The molecule has 0 fully saturated rings. The third kappa shape index (κ3) is 3.64. The number of esters is 1. The normalized spacial score (nSPS) is 12.2. The Morgan fingerprint density at radius 1 is 1.35 bits per heavy atom. The zero-order chi connectivity index (χ0) is 14.8. The molecule has 9 heteroatoms. The van der Waals surface area contributed by atoms with Gasteiger partial charge in [0, 0.05) is 0 Å². The van der Waals surface area contributed by atoms with Crippen molar-refractivity contribution in [1.82, 2.24) is 4.98 Å². The van der Waals surface area contributed by atoms with Crippen molar-refractivity contribution in [2.45, 2.75) is 0 Å². The van der Waals surface area contributed by atoms with Crippen LogP contribution >= 0.6 is 18.1 Å². The van der Waals surface area contributed by atoms with Gasteiger partial charge in [-0.25, -0.2) is 4.79 Å². The third-order valence-electron chi connectivity index (χ3n) is 2.26. The van der Waals surface area contributed by atoms with E-state index in [-0.39, 0.29) is 10.8 Å². The van der Waals surface area contributed by atoms with Crippen molar-refractivity contribution in [2.75, 3.05) is 12.1 Å². The maximum atomic E-state index is 11.6. The van der Waals surface area contributed by atoms with Gasteiger partial charge in [-0.2, -0.15) is 4.98 Å². The minimum atomic E-state index is -4.40. The summed E-state index contributed by atoms with van der Waals surface area (Å²) in [6, 6.07) is 9.24. The summed E-state index contributed by atoms with van der Waals surface area (Å²) in [5.74, 6) is -0.901. The first-order valence-electron chi connectivity index (χ1n) is 5.42. The molecule has 0 aliphatic carbocycles. The van der Waals surface area contributed by atoms with E-state index in [4.69, 9.17) is 15.5 Å². The lowest BCUT2D eigenvalue weighted by Gasteiger charge is -2.02. The summed E-state index contributed by atoms with van der Waals surface area (Å²) in [5, 5.41) is 1.80. The highest BCUT2D eigenvalue weighted by Crippen LogP contribution is 2.38. The Hall–Kier alpha value is -1.73. The second-order valence-corrected chi connectivity index (χ2v) is 7.22. The highest BCUT2D eigenvalue weighted by molar-refractivity contribution is 7.51. The van der Waals surface area contributed by atoms with E-state index in [0.29, 0.717) is 0 Å². The lowest BCUT2D eigenvalue weighted by molar-refractivity contribution is 0.0544. The van der Waals surface area contributed by atoms with Crippen LogP contribution in [0.3, 0.4) is 0 Å². The number of aromatic nitrogens is 1. The molecule has 1 aromatic carbocycles. The highest BCUT2D eigenvalue weighted by atomic mass is 32.2. The van der Waals surface area contributed by atoms with Crippen LogP contribution in [0.25, 0.3) is 4.90 Å². The molecule has 1 heterocycles. The molecule has 1 atom stereocenters. The summed E-state index contributed by atoms with van der Waals surface area (Å²) >= 11 is 0. The Balaban J connectivity index is 2.19. The summed E-state index contributed by atoms with van der Waals surface area (Å²) in [6.07, 6.45) is -0.974. The van der Waals surface area contributed by atoms with Crippen molar-refractivity contribution < 1.29 is 23.9 Å². The summed E-state index contributed by atoms with van der Waals surface area (Å²) in [4.78, 5) is 33.7. The van der Waals surface area contributed by atoms with Crippen LogP contribution in [0.15, 0.2) is 35.7 Å². The topological polar surface area (TPSA) is 123 Å². The molecule has 0 aliphatic heterocycles. The van der Waals surface area contributed by atoms with Gasteiger partial charge in [0.25, 0.3) is 0 Å². The second-order valence-electron chi connectivity index (χ2n) is 3.83. The summed E-state index contributed by atoms with van der Waals surface area (Å²) in [5.41, 5.74) is 5.73. The number of hydrogen-bond acceptors (Lipinski definition) is 5. The van der Waals surface area contributed by atoms with Gasteiger partial charge in [-0.15, -0.1) is 0 Å². The molecule has 0 saturated heterocycles. The van der Waals surface area contributed by atoms with E-state index >= 15 is 0 Å². The van der Waals surface area contributed by atoms with Crippen molar-refractivity contribution in [3.63, 3.8) is 0 Å². The van der Waals surface area contributed by atoms with Crippen LogP contribution in [0.4, 0.5) is 5.13 Å². The van der Waals surface area contributed by atoms with E-state index in [2.05, 4.69) is 9.72 Å². The molecule has 106 valence electrons. The first-order chi connectivity index (χ1) is 9.37. The van der Waals surface area contributed by atoms with E-state index in [1.165, 1.54) is 5.38 Å². The predicted molar refractivity (Wildman–Crippen MR) is 74.8 cm³/mol. The number of nitrogen functional groups attached to an aromatic ring is 1. The Morgan fingerprint density at radius 2 is 2.00 bits per heavy atom. The summed E-state index contributed by atoms with van der Waals surface area (Å²) in [6.45, 7) is 0. The number of anilines is 1. The van der Waals surface area contributed by atoms with Gasteiger partial charge in [0.1, 0.15) is 0 Å². The molecule has 20 heavy (non-hydrogen) atoms. The molecule has 0 bridgehead atoms. The maximum Gasteiger partial charge on any atom is 0.362 e. The second kappa shape index (κ2) is 5.72. The van der Waals surface area contributed by atoms with Crippen molar-refractivity contribution in [1.29, 1.82) is 0 Å². The summed E-state index contributed by atoms with van der Waals surface area (Å²) in [7, 11) is -5.04. The molecule has 0 aliphatic rings. The fourth-order valence-corrected chi connectivity index (χ4v) is 3.24. The Kier molecular flexibility index (Phi) is 4.20. The van der Waals surface area contributed by atoms with Gasteiger partial charge in [-0.1, -0.05) is 18.2 Å². The van der Waals surface area contributed by atoms with Gasteiger partial charge in [-0.3, -0.25) is 4.57 Å². The van der Waals surface area contributed by atoms with Gasteiger partial charge in [0.2, 0.25) is 5.69 Å². The molecule has 0 amide bonds. The molecule has 1 aromatic heterocycles. The van der Waals surface area contributed by atoms with Crippen LogP contribution in [0.1, 0.15) is 10.5 Å². The van der Waals surface area contributed by atoms with Crippen LogP contribution in [0, 0.1) is 0 Å². The van der Waals surface area contributed by atoms with Crippen molar-refractivity contribution in [2.24, 2.45) is 0 Å². The van der Waals surface area contributed by atoms with Gasteiger partial charge in [0.15, 0.2) is 16.6 Å². The van der Waals surface area contributed by atoms with E-state index < -0.39 is 30.4 Å². The van der Waals surface area contributed by atoms with E-state index in [1.54, 1.807) is 0 Å². The van der Waals surface area contributed by atoms with Crippen LogP contribution in [0.5, 0.6) is 0 Å². The average molecular weight is 315 g/mol. The quantitative estimate of drug-likeness (QED) is 0.445. The number of rotatable bonds is 4. The smallest absolute Gasteiger partial charge is 0.362 e. The Bertz CT molecular complexity index is 667. The largest absolute Gasteiger partial charge is 0.448 e. The van der Waals surface area contributed by atoms with Crippen LogP contribution in [-0.2, 0) is 9.30 Å². The standard InChI is InChI=1S/C11H11N2O5PS/c12-11-13-9(10(14)18-7-19(15,16)17)6-20(11)8-4-2-1-3-5-8/h1-6H,7H2,(H3-,12,13,15,16,17)/p+1. The minimum absolute atomic E-state index is 0.0388. The molecule has 7 nitrogen and oxygen atoms in total. The van der Waals surface area contributed by atoms with Gasteiger partial charge in [-0.05, 0) is 12.1 Å². The molecule has 4 N–H and O–H groups in total. The number of nitrogens with two attached hydrogens (primary N) is 1. The average Bonchev–Trinajstić information content (AvgIpc) is 2.78. The number of benzene rings is 1. The fourth-order valence-electron chi connectivity index (χ4n) is 1.43. The molecule has 2 rings (SSSR count). The predicted octanol–water partition coefficient (Wildman–Crippen LogP) is 1.69. The number of thiazole rings is 1. The molecular formula is C11H12N2O5PS+. The zero-order valence-corrected chi connectivity index (χ0v) is 11.9. The molecule has 0 saturated carbocycles.